The molecular formula is C16H12ClN3O2. The Bertz CT molecular complexity index is 831. The number of methoxy groups -OCH3 is 1. The minimum atomic E-state index is -0.530. The van der Waals surface area contributed by atoms with Crippen LogP contribution in [0.4, 0.5) is 0 Å². The van der Waals surface area contributed by atoms with E-state index in [1.54, 1.807) is 18.3 Å². The van der Waals surface area contributed by atoms with E-state index in [1.165, 1.54) is 7.11 Å². The number of allylic oxidation sites excluding steroid dienone is 1. The molecule has 2 aromatic heterocycles. The molecular weight excluding hydrogens is 302 g/mol. The second kappa shape index (κ2) is 5.66. The van der Waals surface area contributed by atoms with Gasteiger partial charge >= 0.3 is 5.97 Å². The van der Waals surface area contributed by atoms with Crippen LogP contribution in [0.1, 0.15) is 28.0 Å². The van der Waals surface area contributed by atoms with E-state index in [4.69, 9.17) is 16.3 Å². The summed E-state index contributed by atoms with van der Waals surface area (Å²) in [5.41, 5.74) is 2.46. The van der Waals surface area contributed by atoms with Gasteiger partial charge in [-0.1, -0.05) is 17.7 Å². The van der Waals surface area contributed by atoms with Crippen molar-refractivity contribution in [3.05, 3.63) is 46.4 Å². The number of hydrogen-bond donors (Lipinski definition) is 0. The molecule has 0 aliphatic carbocycles. The molecule has 5 nitrogen and oxygen atoms in total. The molecule has 1 aliphatic heterocycles. The van der Waals surface area contributed by atoms with Crippen LogP contribution in [0, 0.1) is 11.3 Å². The number of rotatable bonds is 2. The number of aromatic nitrogens is 2. The van der Waals surface area contributed by atoms with Crippen molar-refractivity contribution in [2.24, 2.45) is 0 Å². The molecule has 0 unspecified atom stereocenters. The van der Waals surface area contributed by atoms with Gasteiger partial charge in [0.2, 0.25) is 0 Å². The molecule has 22 heavy (non-hydrogen) atoms. The Morgan fingerprint density at radius 1 is 1.55 bits per heavy atom. The molecule has 0 atom stereocenters. The molecule has 0 amide bonds. The molecule has 0 radical (unpaired) electrons. The van der Waals surface area contributed by atoms with E-state index in [1.807, 2.05) is 16.7 Å². The Labute approximate surface area is 132 Å². The van der Waals surface area contributed by atoms with Gasteiger partial charge in [0.15, 0.2) is 0 Å². The van der Waals surface area contributed by atoms with Crippen LogP contribution >= 0.6 is 11.6 Å². The Balaban J connectivity index is 2.39. The van der Waals surface area contributed by atoms with E-state index in [0.717, 1.165) is 6.42 Å². The van der Waals surface area contributed by atoms with Gasteiger partial charge in [-0.05, 0) is 24.6 Å². The van der Waals surface area contributed by atoms with Crippen molar-refractivity contribution < 1.29 is 9.53 Å². The zero-order valence-electron chi connectivity index (χ0n) is 11.8. The number of fused-ring (bicyclic) bond motifs is 1. The van der Waals surface area contributed by atoms with E-state index in [0.29, 0.717) is 28.6 Å². The number of nitriles is 1. The number of carbonyl (C=O) groups excluding carboxylic acids is 1. The van der Waals surface area contributed by atoms with Gasteiger partial charge in [0.25, 0.3) is 0 Å². The highest BCUT2D eigenvalue weighted by atomic mass is 35.5. The molecule has 6 heteroatoms. The minimum absolute atomic E-state index is 0.267. The fourth-order valence-corrected chi connectivity index (χ4v) is 2.91. The predicted octanol–water partition coefficient (Wildman–Crippen LogP) is 3.28. The molecule has 110 valence electrons. The quantitative estimate of drug-likeness (QED) is 0.630. The maximum absolute atomic E-state index is 12.1. The number of pyridine rings is 1. The van der Waals surface area contributed by atoms with Crippen LogP contribution in [-0.2, 0) is 11.3 Å². The Morgan fingerprint density at radius 2 is 2.36 bits per heavy atom. The lowest BCUT2D eigenvalue weighted by Gasteiger charge is -2.15. The third kappa shape index (κ3) is 2.09. The number of halogens is 1. The lowest BCUT2D eigenvalue weighted by Crippen LogP contribution is -2.08. The van der Waals surface area contributed by atoms with Gasteiger partial charge in [0, 0.05) is 18.3 Å². The normalized spacial score (nSPS) is 12.6. The van der Waals surface area contributed by atoms with Crippen LogP contribution in [0.25, 0.3) is 17.3 Å². The molecule has 0 spiro atoms. The van der Waals surface area contributed by atoms with Gasteiger partial charge in [0.05, 0.1) is 24.1 Å². The highest BCUT2D eigenvalue weighted by Crippen LogP contribution is 2.37. The van der Waals surface area contributed by atoms with Gasteiger partial charge in [-0.3, -0.25) is 0 Å². The van der Waals surface area contributed by atoms with Gasteiger partial charge in [-0.2, -0.15) is 5.26 Å². The number of carbonyl (C=O) groups is 1. The molecule has 3 heterocycles. The van der Waals surface area contributed by atoms with Gasteiger partial charge in [0.1, 0.15) is 16.8 Å². The lowest BCUT2D eigenvalue weighted by molar-refractivity contribution is 0.0600. The maximum atomic E-state index is 12.1. The van der Waals surface area contributed by atoms with E-state index >= 15 is 0 Å². The summed E-state index contributed by atoms with van der Waals surface area (Å²) < 4.78 is 6.76. The fourth-order valence-electron chi connectivity index (χ4n) is 2.70. The lowest BCUT2D eigenvalue weighted by atomic mass is 10.1. The standard InChI is InChI=1S/C16H12ClN3O2/c1-22-16(21)13-11(9-18)14(10-5-4-7-19-15(10)17)20-8-3-2-6-12(13)20/h2,4-7H,3,8H2,1H3. The minimum Gasteiger partial charge on any atom is -0.465 e. The third-order valence-corrected chi connectivity index (χ3v) is 3.92. The number of hydrogen-bond acceptors (Lipinski definition) is 4. The molecule has 2 aromatic rings. The molecule has 0 aromatic carbocycles. The van der Waals surface area contributed by atoms with Gasteiger partial charge < -0.3 is 9.30 Å². The second-order valence-corrected chi connectivity index (χ2v) is 5.13. The van der Waals surface area contributed by atoms with Crippen molar-refractivity contribution in [1.29, 1.82) is 5.26 Å². The zero-order valence-corrected chi connectivity index (χ0v) is 12.6. The summed E-state index contributed by atoms with van der Waals surface area (Å²) in [4.78, 5) is 16.2. The van der Waals surface area contributed by atoms with Crippen molar-refractivity contribution in [3.63, 3.8) is 0 Å². The first-order valence-electron chi connectivity index (χ1n) is 6.71. The number of esters is 1. The Kier molecular flexibility index (Phi) is 3.70. The topological polar surface area (TPSA) is 67.9 Å². The van der Waals surface area contributed by atoms with Crippen LogP contribution < -0.4 is 0 Å². The summed E-state index contributed by atoms with van der Waals surface area (Å²) >= 11 is 6.18. The molecule has 0 bridgehead atoms. The number of ether oxygens (including phenoxy) is 1. The van der Waals surface area contributed by atoms with Gasteiger partial charge in [-0.15, -0.1) is 0 Å². The average molecular weight is 314 g/mol. The van der Waals surface area contributed by atoms with Crippen LogP contribution in [0.15, 0.2) is 24.4 Å². The van der Waals surface area contributed by atoms with Crippen LogP contribution in [-0.4, -0.2) is 22.6 Å². The maximum Gasteiger partial charge on any atom is 0.341 e. The average Bonchev–Trinajstić information content (AvgIpc) is 2.88. The SMILES string of the molecule is COC(=O)c1c(C#N)c(-c2cccnc2Cl)n2c1C=CCC2. The first-order valence-corrected chi connectivity index (χ1v) is 7.09. The van der Waals surface area contributed by atoms with Gasteiger partial charge in [-0.25, -0.2) is 9.78 Å². The first kappa shape index (κ1) is 14.4. The van der Waals surface area contributed by atoms with E-state index in [-0.39, 0.29) is 11.1 Å². The van der Waals surface area contributed by atoms with Crippen LogP contribution in [0.5, 0.6) is 0 Å². The first-order chi connectivity index (χ1) is 10.7. The van der Waals surface area contributed by atoms with Crippen molar-refractivity contribution in [3.8, 4) is 17.3 Å². The summed E-state index contributed by atoms with van der Waals surface area (Å²) in [6.07, 6.45) is 6.21. The van der Waals surface area contributed by atoms with Crippen molar-refractivity contribution in [2.75, 3.05) is 7.11 Å². The molecule has 3 rings (SSSR count). The summed E-state index contributed by atoms with van der Waals surface area (Å²) in [7, 11) is 1.30. The predicted molar refractivity (Wildman–Crippen MR) is 82.4 cm³/mol. The molecule has 0 fully saturated rings. The largest absolute Gasteiger partial charge is 0.465 e. The molecule has 0 N–H and O–H groups in total. The van der Waals surface area contributed by atoms with Crippen LogP contribution in [0.3, 0.4) is 0 Å². The van der Waals surface area contributed by atoms with E-state index < -0.39 is 5.97 Å². The number of nitrogens with zero attached hydrogens (tertiary/aromatic N) is 3. The highest BCUT2D eigenvalue weighted by molar-refractivity contribution is 6.32. The zero-order chi connectivity index (χ0) is 15.7. The molecule has 0 saturated carbocycles. The highest BCUT2D eigenvalue weighted by Gasteiger charge is 2.29. The van der Waals surface area contributed by atoms with E-state index in [2.05, 4.69) is 11.1 Å². The molecule has 0 saturated heterocycles. The fraction of sp³-hybridized carbons (Fsp3) is 0.188. The monoisotopic (exact) mass is 313 g/mol. The van der Waals surface area contributed by atoms with Crippen molar-refractivity contribution >= 4 is 23.6 Å². The van der Waals surface area contributed by atoms with Crippen molar-refractivity contribution in [1.82, 2.24) is 9.55 Å². The van der Waals surface area contributed by atoms with Crippen LogP contribution in [0.2, 0.25) is 5.15 Å². The second-order valence-electron chi connectivity index (χ2n) is 4.77. The molecule has 1 aliphatic rings. The van der Waals surface area contributed by atoms with Crippen molar-refractivity contribution in [2.45, 2.75) is 13.0 Å². The summed E-state index contributed by atoms with van der Waals surface area (Å²) in [6.45, 7) is 0.665. The smallest absolute Gasteiger partial charge is 0.341 e. The third-order valence-electron chi connectivity index (χ3n) is 3.61. The summed E-state index contributed by atoms with van der Waals surface area (Å²) in [6, 6.07) is 5.66. The summed E-state index contributed by atoms with van der Waals surface area (Å²) in [5, 5.41) is 9.88. The Morgan fingerprint density at radius 3 is 3.05 bits per heavy atom. The summed E-state index contributed by atoms with van der Waals surface area (Å²) in [5.74, 6) is -0.530. The Hall–Kier alpha value is -2.58. The van der Waals surface area contributed by atoms with E-state index in [9.17, 15) is 10.1 Å².